The van der Waals surface area contributed by atoms with Crippen LogP contribution in [0.3, 0.4) is 0 Å². The third-order valence-corrected chi connectivity index (χ3v) is 7.64. The quantitative estimate of drug-likeness (QED) is 0.501. The molecule has 1 aliphatic heterocycles. The van der Waals surface area contributed by atoms with Crippen molar-refractivity contribution in [1.29, 1.82) is 0 Å². The Kier molecular flexibility index (Phi) is 7.34. The van der Waals surface area contributed by atoms with E-state index in [1.807, 2.05) is 11.0 Å². The summed E-state index contributed by atoms with van der Waals surface area (Å²) in [7, 11) is 1.58. The number of aromatic nitrogens is 5. The van der Waals surface area contributed by atoms with E-state index in [0.29, 0.717) is 49.4 Å². The van der Waals surface area contributed by atoms with Crippen molar-refractivity contribution >= 4 is 11.7 Å². The Balaban J connectivity index is 1.33. The molecule has 0 bridgehead atoms. The molecule has 10 heteroatoms. The van der Waals surface area contributed by atoms with E-state index in [-0.39, 0.29) is 24.2 Å². The second-order valence-corrected chi connectivity index (χ2v) is 10.1. The molecule has 2 unspecified atom stereocenters. The van der Waals surface area contributed by atoms with Crippen molar-refractivity contribution in [2.45, 2.75) is 52.0 Å². The molecular formula is C27H34FN7O2. The number of hydrogen-bond acceptors (Lipinski definition) is 7. The van der Waals surface area contributed by atoms with Gasteiger partial charge in [0.15, 0.2) is 5.82 Å². The number of rotatable bonds is 6. The summed E-state index contributed by atoms with van der Waals surface area (Å²) < 4.78 is 20.9. The maximum atomic E-state index is 13.9. The van der Waals surface area contributed by atoms with Crippen molar-refractivity contribution in [3.8, 4) is 17.3 Å². The lowest BCUT2D eigenvalue weighted by Gasteiger charge is -2.35. The zero-order chi connectivity index (χ0) is 25.9. The highest BCUT2D eigenvalue weighted by Crippen LogP contribution is 2.37. The second-order valence-electron chi connectivity index (χ2n) is 10.1. The molecule has 5 rings (SSSR count). The molecular weight excluding hydrogens is 473 g/mol. The van der Waals surface area contributed by atoms with Gasteiger partial charge in [-0.3, -0.25) is 4.79 Å². The highest BCUT2D eigenvalue weighted by Gasteiger charge is 2.30. The maximum absolute atomic E-state index is 13.9. The number of amides is 1. The van der Waals surface area contributed by atoms with Gasteiger partial charge < -0.3 is 14.5 Å². The minimum absolute atomic E-state index is 0.0244. The van der Waals surface area contributed by atoms with Gasteiger partial charge in [-0.05, 0) is 43.0 Å². The number of methoxy groups -OCH3 is 1. The van der Waals surface area contributed by atoms with Crippen molar-refractivity contribution < 1.29 is 13.9 Å². The number of carbonyl (C=O) groups is 1. The van der Waals surface area contributed by atoms with E-state index in [0.717, 1.165) is 36.5 Å². The molecule has 2 aromatic heterocycles. The van der Waals surface area contributed by atoms with Crippen molar-refractivity contribution in [1.82, 2.24) is 29.6 Å². The average Bonchev–Trinajstić information content (AvgIpc) is 3.34. The fraction of sp³-hybridized carbons (Fsp3) is 0.519. The molecule has 3 aromatic rings. The summed E-state index contributed by atoms with van der Waals surface area (Å²) in [6.07, 6.45) is 6.04. The third-order valence-electron chi connectivity index (χ3n) is 7.64. The first-order chi connectivity index (χ1) is 17.9. The van der Waals surface area contributed by atoms with Crippen molar-refractivity contribution in [2.24, 2.45) is 5.92 Å². The van der Waals surface area contributed by atoms with Gasteiger partial charge in [-0.1, -0.05) is 26.2 Å². The Morgan fingerprint density at radius 2 is 1.89 bits per heavy atom. The summed E-state index contributed by atoms with van der Waals surface area (Å²) in [5.41, 5.74) is 1.32. The van der Waals surface area contributed by atoms with Gasteiger partial charge in [-0.15, -0.1) is 0 Å². The van der Waals surface area contributed by atoms with Crippen LogP contribution in [-0.2, 0) is 11.3 Å². The maximum Gasteiger partial charge on any atom is 0.244 e. The Labute approximate surface area is 216 Å². The van der Waals surface area contributed by atoms with Crippen LogP contribution in [0.25, 0.3) is 11.4 Å². The van der Waals surface area contributed by atoms with Gasteiger partial charge >= 0.3 is 0 Å². The van der Waals surface area contributed by atoms with Crippen LogP contribution in [-0.4, -0.2) is 68.8 Å². The predicted octanol–water partition coefficient (Wildman–Crippen LogP) is 3.83. The third kappa shape index (κ3) is 5.42. The summed E-state index contributed by atoms with van der Waals surface area (Å²) in [4.78, 5) is 30.7. The van der Waals surface area contributed by atoms with Crippen LogP contribution in [0.4, 0.5) is 10.2 Å². The van der Waals surface area contributed by atoms with E-state index in [1.54, 1.807) is 30.8 Å². The zero-order valence-electron chi connectivity index (χ0n) is 21.7. The first-order valence-electron chi connectivity index (χ1n) is 13.0. The van der Waals surface area contributed by atoms with Gasteiger partial charge in [0, 0.05) is 43.7 Å². The summed E-state index contributed by atoms with van der Waals surface area (Å²) >= 11 is 0. The lowest BCUT2D eigenvalue weighted by Crippen LogP contribution is -2.50. The van der Waals surface area contributed by atoms with E-state index in [9.17, 15) is 9.18 Å². The molecule has 1 amide bonds. The monoisotopic (exact) mass is 507 g/mol. The highest BCUT2D eigenvalue weighted by molar-refractivity contribution is 5.76. The molecule has 0 spiro atoms. The summed E-state index contributed by atoms with van der Waals surface area (Å²) in [6.45, 7) is 6.69. The van der Waals surface area contributed by atoms with E-state index >= 15 is 0 Å². The fourth-order valence-corrected chi connectivity index (χ4v) is 5.38. The molecule has 9 nitrogen and oxygen atoms in total. The Morgan fingerprint density at radius 1 is 1.11 bits per heavy atom. The molecule has 2 aliphatic rings. The number of anilines is 1. The average molecular weight is 508 g/mol. The molecule has 2 fully saturated rings. The number of benzene rings is 1. The molecule has 2 atom stereocenters. The van der Waals surface area contributed by atoms with Crippen LogP contribution in [0.5, 0.6) is 5.88 Å². The topological polar surface area (TPSA) is 89.3 Å². The van der Waals surface area contributed by atoms with Gasteiger partial charge in [0.1, 0.15) is 30.3 Å². The van der Waals surface area contributed by atoms with Crippen LogP contribution >= 0.6 is 0 Å². The molecule has 1 aliphatic carbocycles. The molecule has 1 saturated carbocycles. The predicted molar refractivity (Wildman–Crippen MR) is 138 cm³/mol. The first kappa shape index (κ1) is 25.1. The number of carbonyl (C=O) groups excluding carboxylic acids is 1. The number of nitrogens with zero attached hydrogens (tertiary/aromatic N) is 7. The number of piperazine rings is 1. The molecule has 3 heterocycles. The van der Waals surface area contributed by atoms with Crippen molar-refractivity contribution in [2.75, 3.05) is 38.2 Å². The molecule has 0 radical (unpaired) electrons. The van der Waals surface area contributed by atoms with E-state index in [4.69, 9.17) is 14.8 Å². The van der Waals surface area contributed by atoms with Gasteiger partial charge in [0.25, 0.3) is 0 Å². The van der Waals surface area contributed by atoms with Crippen LogP contribution in [0, 0.1) is 18.7 Å². The Bertz CT molecular complexity index is 1260. The van der Waals surface area contributed by atoms with Gasteiger partial charge in [0.2, 0.25) is 11.8 Å². The van der Waals surface area contributed by atoms with Crippen LogP contribution in [0.1, 0.15) is 49.9 Å². The smallest absolute Gasteiger partial charge is 0.244 e. The van der Waals surface area contributed by atoms with E-state index in [2.05, 4.69) is 21.8 Å². The lowest BCUT2D eigenvalue weighted by molar-refractivity contribution is -0.132. The highest BCUT2D eigenvalue weighted by atomic mass is 19.1. The van der Waals surface area contributed by atoms with Gasteiger partial charge in [-0.25, -0.2) is 24.0 Å². The normalized spacial score (nSPS) is 20.2. The SMILES string of the molecule is COc1cc(N2CCN(C(=O)Cn3nc(-c4ccc(F)c(C)c4)nc3C3CCCCC3C)CC2)ncn1. The van der Waals surface area contributed by atoms with Crippen LogP contribution < -0.4 is 9.64 Å². The summed E-state index contributed by atoms with van der Waals surface area (Å²) in [6, 6.07) is 6.74. The standard InChI is InChI=1S/C27H34FN7O2/c1-18-6-4-5-7-21(18)27-31-26(20-8-9-22(28)19(2)14-20)32-35(27)16-25(36)34-12-10-33(11-13-34)23-15-24(37-3)30-17-29-23/h8-9,14-15,17-18,21H,4-7,10-13,16H2,1-3H3. The molecule has 196 valence electrons. The van der Waals surface area contributed by atoms with E-state index in [1.165, 1.54) is 18.8 Å². The van der Waals surface area contributed by atoms with Crippen LogP contribution in [0.2, 0.25) is 0 Å². The Morgan fingerprint density at radius 3 is 2.62 bits per heavy atom. The first-order valence-corrected chi connectivity index (χ1v) is 13.0. The van der Waals surface area contributed by atoms with E-state index < -0.39 is 0 Å². The second kappa shape index (κ2) is 10.8. The molecule has 1 saturated heterocycles. The number of aryl methyl sites for hydroxylation is 1. The van der Waals surface area contributed by atoms with Gasteiger partial charge in [0.05, 0.1) is 7.11 Å². The number of hydrogen-bond donors (Lipinski definition) is 0. The molecule has 1 aromatic carbocycles. The number of halogens is 1. The number of ether oxygens (including phenoxy) is 1. The molecule has 37 heavy (non-hydrogen) atoms. The summed E-state index contributed by atoms with van der Waals surface area (Å²) in [5.74, 6) is 3.23. The lowest BCUT2D eigenvalue weighted by atomic mass is 9.80. The Hall–Kier alpha value is -3.56. The minimum Gasteiger partial charge on any atom is -0.481 e. The fourth-order valence-electron chi connectivity index (χ4n) is 5.38. The largest absolute Gasteiger partial charge is 0.481 e. The zero-order valence-corrected chi connectivity index (χ0v) is 21.7. The summed E-state index contributed by atoms with van der Waals surface area (Å²) in [5, 5.41) is 4.77. The van der Waals surface area contributed by atoms with Gasteiger partial charge in [-0.2, -0.15) is 5.10 Å². The van der Waals surface area contributed by atoms with Crippen LogP contribution in [0.15, 0.2) is 30.6 Å². The molecule has 0 N–H and O–H groups in total. The minimum atomic E-state index is -0.251. The van der Waals surface area contributed by atoms with Crippen molar-refractivity contribution in [3.63, 3.8) is 0 Å². The van der Waals surface area contributed by atoms with Crippen molar-refractivity contribution in [3.05, 3.63) is 47.8 Å².